The summed E-state index contributed by atoms with van der Waals surface area (Å²) in [7, 11) is 0. The molecular weight excluding hydrogens is 331 g/mol. The molecule has 2 aromatic rings. The molecule has 6 heteroatoms. The number of amides is 1. The van der Waals surface area contributed by atoms with Crippen LogP contribution in [0.25, 0.3) is 5.69 Å². The number of carbonyl (C=O) groups excluding carboxylic acids is 1. The molecule has 26 heavy (non-hydrogen) atoms. The third-order valence-electron chi connectivity index (χ3n) is 5.02. The number of benzene rings is 1. The third-order valence-corrected chi connectivity index (χ3v) is 5.02. The largest absolute Gasteiger partial charge is 0.356 e. The molecular formula is C20H27FN4O. The van der Waals surface area contributed by atoms with Crippen molar-refractivity contribution in [1.82, 2.24) is 20.0 Å². The maximum atomic E-state index is 13.9. The van der Waals surface area contributed by atoms with E-state index in [1.807, 2.05) is 30.7 Å². The van der Waals surface area contributed by atoms with E-state index in [0.717, 1.165) is 55.1 Å². The van der Waals surface area contributed by atoms with Crippen LogP contribution in [0.2, 0.25) is 0 Å². The molecule has 1 saturated heterocycles. The zero-order chi connectivity index (χ0) is 18.7. The van der Waals surface area contributed by atoms with Crippen molar-refractivity contribution < 1.29 is 9.18 Å². The molecule has 1 aromatic carbocycles. The Morgan fingerprint density at radius 3 is 2.62 bits per heavy atom. The number of aromatic nitrogens is 2. The monoisotopic (exact) mass is 358 g/mol. The summed E-state index contributed by atoms with van der Waals surface area (Å²) in [5, 5.41) is 7.46. The summed E-state index contributed by atoms with van der Waals surface area (Å²) in [6.07, 6.45) is 2.09. The Balaban J connectivity index is 1.70. The van der Waals surface area contributed by atoms with Gasteiger partial charge in [0.05, 0.1) is 11.4 Å². The van der Waals surface area contributed by atoms with Crippen molar-refractivity contribution in [2.45, 2.75) is 40.2 Å². The van der Waals surface area contributed by atoms with Gasteiger partial charge < -0.3 is 5.32 Å². The summed E-state index contributed by atoms with van der Waals surface area (Å²) < 4.78 is 15.8. The normalized spacial score (nSPS) is 16.0. The summed E-state index contributed by atoms with van der Waals surface area (Å²) >= 11 is 0. The smallest absolute Gasteiger partial charge is 0.216 e. The number of carbonyl (C=O) groups is 1. The molecule has 140 valence electrons. The van der Waals surface area contributed by atoms with Gasteiger partial charge in [0.2, 0.25) is 5.91 Å². The fraction of sp³-hybridized carbons (Fsp3) is 0.500. The van der Waals surface area contributed by atoms with Crippen LogP contribution in [0.15, 0.2) is 24.3 Å². The van der Waals surface area contributed by atoms with E-state index in [1.54, 1.807) is 13.0 Å². The van der Waals surface area contributed by atoms with Gasteiger partial charge in [-0.1, -0.05) is 0 Å². The van der Waals surface area contributed by atoms with Crippen LogP contribution < -0.4 is 5.32 Å². The lowest BCUT2D eigenvalue weighted by molar-refractivity contribution is -0.119. The quantitative estimate of drug-likeness (QED) is 0.894. The topological polar surface area (TPSA) is 50.2 Å². The average molecular weight is 358 g/mol. The van der Waals surface area contributed by atoms with Crippen molar-refractivity contribution in [2.24, 2.45) is 5.92 Å². The lowest BCUT2D eigenvalue weighted by atomic mass is 9.96. The standard InChI is InChI=1S/C20H27FN4O/c1-14-10-15(2)25(23-14)20-5-4-19(21)11-18(20)13-24-8-6-17(7-9-24)12-22-16(3)26/h4-5,10-11,17H,6-9,12-13H2,1-3H3,(H,22,26). The number of hydrogen-bond donors (Lipinski definition) is 1. The average Bonchev–Trinajstić information content (AvgIpc) is 2.92. The predicted molar refractivity (Wildman–Crippen MR) is 99.7 cm³/mol. The Morgan fingerprint density at radius 2 is 2.00 bits per heavy atom. The molecule has 1 aromatic heterocycles. The Bertz CT molecular complexity index is 778. The molecule has 0 radical (unpaired) electrons. The molecule has 1 N–H and O–H groups in total. The van der Waals surface area contributed by atoms with Crippen molar-refractivity contribution in [3.8, 4) is 5.69 Å². The maximum absolute atomic E-state index is 13.9. The highest BCUT2D eigenvalue weighted by Gasteiger charge is 2.21. The number of rotatable bonds is 5. The fourth-order valence-electron chi connectivity index (χ4n) is 3.64. The highest BCUT2D eigenvalue weighted by molar-refractivity contribution is 5.72. The van der Waals surface area contributed by atoms with Crippen molar-refractivity contribution in [3.63, 3.8) is 0 Å². The van der Waals surface area contributed by atoms with Crippen LogP contribution in [-0.4, -0.2) is 40.2 Å². The fourth-order valence-corrected chi connectivity index (χ4v) is 3.64. The van der Waals surface area contributed by atoms with Gasteiger partial charge in [0.25, 0.3) is 0 Å². The minimum absolute atomic E-state index is 0.0294. The summed E-state index contributed by atoms with van der Waals surface area (Å²) in [5.74, 6) is 0.339. The molecule has 1 fully saturated rings. The van der Waals surface area contributed by atoms with Gasteiger partial charge in [0, 0.05) is 25.7 Å². The number of likely N-dealkylation sites (tertiary alicyclic amines) is 1. The van der Waals surface area contributed by atoms with E-state index in [4.69, 9.17) is 0 Å². The Morgan fingerprint density at radius 1 is 1.27 bits per heavy atom. The number of hydrogen-bond acceptors (Lipinski definition) is 3. The summed E-state index contributed by atoms with van der Waals surface area (Å²) in [6, 6.07) is 6.96. The second kappa shape index (κ2) is 7.99. The highest BCUT2D eigenvalue weighted by atomic mass is 19.1. The number of halogens is 1. The molecule has 0 bridgehead atoms. The first-order chi connectivity index (χ1) is 12.4. The van der Waals surface area contributed by atoms with E-state index in [1.165, 1.54) is 6.07 Å². The van der Waals surface area contributed by atoms with E-state index in [0.29, 0.717) is 12.5 Å². The lowest BCUT2D eigenvalue weighted by Gasteiger charge is -2.32. The minimum atomic E-state index is -0.217. The predicted octanol–water partition coefficient (Wildman–Crippen LogP) is 2.98. The third kappa shape index (κ3) is 4.49. The summed E-state index contributed by atoms with van der Waals surface area (Å²) in [5.41, 5.74) is 3.90. The lowest BCUT2D eigenvalue weighted by Crippen LogP contribution is -2.38. The van der Waals surface area contributed by atoms with Crippen LogP contribution >= 0.6 is 0 Å². The van der Waals surface area contributed by atoms with Crippen molar-refractivity contribution in [1.29, 1.82) is 0 Å². The Labute approximate surface area is 154 Å². The molecule has 2 heterocycles. The first-order valence-electron chi connectivity index (χ1n) is 9.21. The minimum Gasteiger partial charge on any atom is -0.356 e. The number of nitrogens with one attached hydrogen (secondary N) is 1. The molecule has 0 atom stereocenters. The van der Waals surface area contributed by atoms with Crippen molar-refractivity contribution >= 4 is 5.91 Å². The first kappa shape index (κ1) is 18.6. The van der Waals surface area contributed by atoms with Crippen LogP contribution in [0.4, 0.5) is 4.39 Å². The molecule has 0 unspecified atom stereocenters. The second-order valence-electron chi connectivity index (χ2n) is 7.27. The van der Waals surface area contributed by atoms with Crippen LogP contribution in [0, 0.1) is 25.6 Å². The van der Waals surface area contributed by atoms with E-state index >= 15 is 0 Å². The molecule has 0 aliphatic carbocycles. The van der Waals surface area contributed by atoms with Gasteiger partial charge in [0.1, 0.15) is 5.82 Å². The zero-order valence-corrected chi connectivity index (χ0v) is 15.8. The van der Waals surface area contributed by atoms with Crippen LogP contribution in [0.5, 0.6) is 0 Å². The number of aryl methyl sites for hydroxylation is 2. The van der Waals surface area contributed by atoms with E-state index in [9.17, 15) is 9.18 Å². The van der Waals surface area contributed by atoms with Gasteiger partial charge >= 0.3 is 0 Å². The van der Waals surface area contributed by atoms with E-state index in [2.05, 4.69) is 15.3 Å². The summed E-state index contributed by atoms with van der Waals surface area (Å²) in [4.78, 5) is 13.4. The number of nitrogens with zero attached hydrogens (tertiary/aromatic N) is 3. The van der Waals surface area contributed by atoms with Gasteiger partial charge in [-0.3, -0.25) is 9.69 Å². The Hall–Kier alpha value is -2.21. The maximum Gasteiger partial charge on any atom is 0.216 e. The number of piperidine rings is 1. The van der Waals surface area contributed by atoms with Gasteiger partial charge in [-0.2, -0.15) is 5.10 Å². The molecule has 1 aliphatic rings. The second-order valence-corrected chi connectivity index (χ2v) is 7.27. The van der Waals surface area contributed by atoms with Gasteiger partial charge in [-0.05, 0) is 75.5 Å². The van der Waals surface area contributed by atoms with Crippen LogP contribution in [0.1, 0.15) is 36.7 Å². The molecule has 3 rings (SSSR count). The van der Waals surface area contributed by atoms with Crippen molar-refractivity contribution in [2.75, 3.05) is 19.6 Å². The first-order valence-corrected chi connectivity index (χ1v) is 9.21. The van der Waals surface area contributed by atoms with E-state index in [-0.39, 0.29) is 11.7 Å². The molecule has 1 amide bonds. The van der Waals surface area contributed by atoms with Gasteiger partial charge in [0.15, 0.2) is 0 Å². The molecule has 0 spiro atoms. The molecule has 0 saturated carbocycles. The molecule has 5 nitrogen and oxygen atoms in total. The summed E-state index contributed by atoms with van der Waals surface area (Å²) in [6.45, 7) is 8.90. The SMILES string of the molecule is CC(=O)NCC1CCN(Cc2cc(F)ccc2-n2nc(C)cc2C)CC1. The Kier molecular flexibility index (Phi) is 5.71. The van der Waals surface area contributed by atoms with Gasteiger partial charge in [-0.15, -0.1) is 0 Å². The zero-order valence-electron chi connectivity index (χ0n) is 15.8. The molecule has 1 aliphatic heterocycles. The van der Waals surface area contributed by atoms with Crippen LogP contribution in [0.3, 0.4) is 0 Å². The van der Waals surface area contributed by atoms with Gasteiger partial charge in [-0.25, -0.2) is 9.07 Å². The highest BCUT2D eigenvalue weighted by Crippen LogP contribution is 2.23. The van der Waals surface area contributed by atoms with Crippen LogP contribution in [-0.2, 0) is 11.3 Å². The van der Waals surface area contributed by atoms with E-state index < -0.39 is 0 Å². The van der Waals surface area contributed by atoms with Crippen molar-refractivity contribution in [3.05, 3.63) is 47.0 Å².